The maximum atomic E-state index is 13.6. The number of para-hydroxylation sites is 2. The van der Waals surface area contributed by atoms with Gasteiger partial charge in [0.25, 0.3) is 17.7 Å². The largest absolute Gasteiger partial charge is 0.495 e. The van der Waals surface area contributed by atoms with Gasteiger partial charge in [-0.3, -0.25) is 14.4 Å². The molecule has 0 aliphatic carbocycles. The van der Waals surface area contributed by atoms with E-state index < -0.39 is 17.7 Å². The molecule has 3 aromatic carbocycles. The number of hydrogen-bond donors (Lipinski definition) is 5. The monoisotopic (exact) mass is 563 g/mol. The normalized spacial score (nSPS) is 10.6. The van der Waals surface area contributed by atoms with Gasteiger partial charge in [0, 0.05) is 16.8 Å². The highest BCUT2D eigenvalue weighted by molar-refractivity contribution is 7.19. The Morgan fingerprint density at radius 3 is 2.18 bits per heavy atom. The summed E-state index contributed by atoms with van der Waals surface area (Å²) in [6, 6.07) is 17.1. The molecule has 200 valence electrons. The Morgan fingerprint density at radius 2 is 1.51 bits per heavy atom. The van der Waals surface area contributed by atoms with Crippen molar-refractivity contribution in [3.8, 4) is 5.75 Å². The van der Waals surface area contributed by atoms with Crippen molar-refractivity contribution in [2.45, 2.75) is 13.8 Å². The van der Waals surface area contributed by atoms with E-state index >= 15 is 0 Å². The van der Waals surface area contributed by atoms with Gasteiger partial charge in [0.1, 0.15) is 15.6 Å². The molecule has 0 unspecified atom stereocenters. The molecule has 9 nitrogen and oxygen atoms in total. The molecule has 0 atom stereocenters. The number of anilines is 5. The smallest absolute Gasteiger partial charge is 0.267 e. The Hall–Kier alpha value is -4.54. The quantitative estimate of drug-likeness (QED) is 0.179. The minimum absolute atomic E-state index is 0.0349. The predicted octanol–water partition coefficient (Wildman–Crippen LogP) is 5.96. The summed E-state index contributed by atoms with van der Waals surface area (Å²) in [6.45, 7) is 3.71. The van der Waals surface area contributed by atoms with Crippen molar-refractivity contribution in [2.75, 3.05) is 28.8 Å². The molecular weight excluding hydrogens is 538 g/mol. The number of halogens is 1. The fourth-order valence-electron chi connectivity index (χ4n) is 3.86. The average molecular weight is 564 g/mol. The number of nitrogens with one attached hydrogen (secondary N) is 3. The highest BCUT2D eigenvalue weighted by Crippen LogP contribution is 2.40. The van der Waals surface area contributed by atoms with Crippen molar-refractivity contribution in [1.29, 1.82) is 0 Å². The van der Waals surface area contributed by atoms with Crippen LogP contribution in [0.4, 0.5) is 27.8 Å². The fourth-order valence-corrected chi connectivity index (χ4v) is 5.04. The van der Waals surface area contributed by atoms with Gasteiger partial charge >= 0.3 is 0 Å². The fraction of sp³-hybridized carbons (Fsp3) is 0.107. The van der Waals surface area contributed by atoms with Gasteiger partial charge in [-0.2, -0.15) is 0 Å². The van der Waals surface area contributed by atoms with Crippen LogP contribution < -0.4 is 32.2 Å². The molecule has 3 amide bonds. The first-order chi connectivity index (χ1) is 18.6. The van der Waals surface area contributed by atoms with Crippen LogP contribution in [0, 0.1) is 13.8 Å². The lowest BCUT2D eigenvalue weighted by Crippen LogP contribution is -2.19. The molecular formula is C28H26ClN5O4S. The third kappa shape index (κ3) is 5.82. The lowest BCUT2D eigenvalue weighted by atomic mass is 10.1. The number of methoxy groups -OCH3 is 1. The maximum absolute atomic E-state index is 13.6. The molecule has 11 heteroatoms. The molecule has 1 heterocycles. The van der Waals surface area contributed by atoms with Crippen LogP contribution in [0.2, 0.25) is 5.02 Å². The number of amides is 3. The number of thiophene rings is 1. The summed E-state index contributed by atoms with van der Waals surface area (Å²) in [7, 11) is 1.47. The van der Waals surface area contributed by atoms with E-state index in [2.05, 4.69) is 16.0 Å². The van der Waals surface area contributed by atoms with Crippen LogP contribution in [0.1, 0.15) is 41.5 Å². The number of benzene rings is 3. The standard InChI is InChI=1S/C28H26ClN5O4S/c1-14-8-4-6-10-18(14)34-28-22(26(36)33-20-12-15(2)17(29)13-21(20)38-3)23(30)24(39-28)27(37)32-19-11-7-5-9-16(19)25(31)35/h4-13,34H,30H2,1-3H3,(H2,31,35)(H,32,37)(H,33,36). The number of aryl methyl sites for hydroxylation is 2. The van der Waals surface area contributed by atoms with E-state index in [-0.39, 0.29) is 27.4 Å². The lowest BCUT2D eigenvalue weighted by molar-refractivity contribution is 0.0998. The second-order valence-electron chi connectivity index (χ2n) is 8.61. The van der Waals surface area contributed by atoms with Gasteiger partial charge in [0.2, 0.25) is 0 Å². The Morgan fingerprint density at radius 1 is 0.872 bits per heavy atom. The van der Waals surface area contributed by atoms with Crippen LogP contribution in [-0.4, -0.2) is 24.8 Å². The summed E-state index contributed by atoms with van der Waals surface area (Å²) in [5.41, 5.74) is 15.1. The summed E-state index contributed by atoms with van der Waals surface area (Å²) in [6.07, 6.45) is 0. The van der Waals surface area contributed by atoms with Crippen molar-refractivity contribution in [3.05, 3.63) is 92.8 Å². The van der Waals surface area contributed by atoms with Gasteiger partial charge in [-0.05, 0) is 49.2 Å². The van der Waals surface area contributed by atoms with E-state index in [1.54, 1.807) is 37.3 Å². The summed E-state index contributed by atoms with van der Waals surface area (Å²) < 4.78 is 5.38. The Labute approximate surface area is 234 Å². The van der Waals surface area contributed by atoms with E-state index in [1.807, 2.05) is 31.2 Å². The van der Waals surface area contributed by atoms with Gasteiger partial charge in [0.15, 0.2) is 0 Å². The first-order valence-electron chi connectivity index (χ1n) is 11.7. The Kier molecular flexibility index (Phi) is 8.08. The lowest BCUT2D eigenvalue weighted by Gasteiger charge is -2.14. The molecule has 0 bridgehead atoms. The van der Waals surface area contributed by atoms with Gasteiger partial charge in [-0.25, -0.2) is 0 Å². The second kappa shape index (κ2) is 11.5. The van der Waals surface area contributed by atoms with Crippen LogP contribution >= 0.6 is 22.9 Å². The topological polar surface area (TPSA) is 149 Å². The molecule has 39 heavy (non-hydrogen) atoms. The van der Waals surface area contributed by atoms with Crippen LogP contribution in [-0.2, 0) is 0 Å². The Bertz CT molecular complexity index is 1600. The molecule has 0 fully saturated rings. The SMILES string of the molecule is COc1cc(Cl)c(C)cc1NC(=O)c1c(Nc2ccccc2C)sc(C(=O)Nc2ccccc2C(N)=O)c1N. The first-order valence-corrected chi connectivity index (χ1v) is 12.9. The van der Waals surface area contributed by atoms with Gasteiger partial charge in [-0.1, -0.05) is 41.9 Å². The van der Waals surface area contributed by atoms with Crippen LogP contribution in [0.25, 0.3) is 0 Å². The van der Waals surface area contributed by atoms with E-state index in [9.17, 15) is 14.4 Å². The van der Waals surface area contributed by atoms with Crippen molar-refractivity contribution < 1.29 is 19.1 Å². The molecule has 4 aromatic rings. The number of carbonyl (C=O) groups is 3. The molecule has 0 aliphatic heterocycles. The zero-order valence-electron chi connectivity index (χ0n) is 21.3. The minimum atomic E-state index is -0.695. The zero-order chi connectivity index (χ0) is 28.3. The van der Waals surface area contributed by atoms with E-state index in [0.29, 0.717) is 21.5 Å². The van der Waals surface area contributed by atoms with Crippen LogP contribution in [0.5, 0.6) is 5.75 Å². The van der Waals surface area contributed by atoms with Gasteiger partial charge in [-0.15, -0.1) is 11.3 Å². The predicted molar refractivity (Wildman–Crippen MR) is 157 cm³/mol. The van der Waals surface area contributed by atoms with Gasteiger partial charge < -0.3 is 32.2 Å². The van der Waals surface area contributed by atoms with Crippen molar-refractivity contribution >= 4 is 68.4 Å². The molecule has 0 aliphatic rings. The minimum Gasteiger partial charge on any atom is -0.495 e. The summed E-state index contributed by atoms with van der Waals surface area (Å²) >= 11 is 7.22. The van der Waals surface area contributed by atoms with Crippen molar-refractivity contribution in [2.24, 2.45) is 5.73 Å². The molecule has 0 saturated heterocycles. The molecule has 0 saturated carbocycles. The average Bonchev–Trinajstić information content (AvgIpc) is 3.23. The maximum Gasteiger partial charge on any atom is 0.267 e. The molecule has 0 spiro atoms. The van der Waals surface area contributed by atoms with Crippen LogP contribution in [0.15, 0.2) is 60.7 Å². The summed E-state index contributed by atoms with van der Waals surface area (Å²) in [4.78, 5) is 38.9. The highest BCUT2D eigenvalue weighted by atomic mass is 35.5. The number of nitrogens with two attached hydrogens (primary N) is 2. The van der Waals surface area contributed by atoms with E-state index in [1.165, 1.54) is 13.2 Å². The molecule has 0 radical (unpaired) electrons. The molecule has 4 rings (SSSR count). The number of ether oxygens (including phenoxy) is 1. The number of primary amides is 1. The summed E-state index contributed by atoms with van der Waals surface area (Å²) in [5, 5.41) is 9.59. The van der Waals surface area contributed by atoms with E-state index in [4.69, 9.17) is 27.8 Å². The zero-order valence-corrected chi connectivity index (χ0v) is 22.9. The number of rotatable bonds is 8. The number of nitrogen functional groups attached to an aromatic ring is 1. The molecule has 1 aromatic heterocycles. The highest BCUT2D eigenvalue weighted by Gasteiger charge is 2.27. The van der Waals surface area contributed by atoms with Crippen molar-refractivity contribution in [3.63, 3.8) is 0 Å². The first kappa shape index (κ1) is 27.5. The second-order valence-corrected chi connectivity index (χ2v) is 10.0. The third-order valence-corrected chi connectivity index (χ3v) is 7.47. The van der Waals surface area contributed by atoms with E-state index in [0.717, 1.165) is 28.2 Å². The number of hydrogen-bond acceptors (Lipinski definition) is 7. The molecule has 7 N–H and O–H groups in total. The summed E-state index contributed by atoms with van der Waals surface area (Å²) in [5.74, 6) is -1.49. The Balaban J connectivity index is 1.76. The van der Waals surface area contributed by atoms with Crippen LogP contribution in [0.3, 0.4) is 0 Å². The van der Waals surface area contributed by atoms with Gasteiger partial charge in [0.05, 0.1) is 35.3 Å². The van der Waals surface area contributed by atoms with Crippen molar-refractivity contribution in [1.82, 2.24) is 0 Å². The number of carbonyl (C=O) groups excluding carboxylic acids is 3. The third-order valence-electron chi connectivity index (χ3n) is 5.94.